The van der Waals surface area contributed by atoms with Crippen LogP contribution in [0.3, 0.4) is 0 Å². The molecule has 0 fully saturated rings. The number of halogens is 2. The van der Waals surface area contributed by atoms with Gasteiger partial charge in [-0.25, -0.2) is 4.98 Å². The van der Waals surface area contributed by atoms with Crippen LogP contribution < -0.4 is 5.32 Å². The van der Waals surface area contributed by atoms with Crippen LogP contribution in [-0.2, 0) is 6.54 Å². The number of fused-ring (bicyclic) bond motifs is 1. The van der Waals surface area contributed by atoms with E-state index < -0.39 is 0 Å². The minimum absolute atomic E-state index is 0.527. The van der Waals surface area contributed by atoms with Gasteiger partial charge in [-0.15, -0.1) is 0 Å². The average Bonchev–Trinajstić information content (AvgIpc) is 2.57. The van der Waals surface area contributed by atoms with Crippen molar-refractivity contribution in [2.24, 2.45) is 0 Å². The highest BCUT2D eigenvalue weighted by Gasteiger charge is 2.11. The number of rotatable bonds is 2. The topological polar surface area (TPSA) is 38.1 Å². The first-order chi connectivity index (χ1) is 6.72. The normalized spacial score (nSPS) is 11.1. The van der Waals surface area contributed by atoms with Crippen LogP contribution in [0.25, 0.3) is 11.1 Å². The van der Waals surface area contributed by atoms with E-state index in [1.165, 1.54) is 0 Å². The van der Waals surface area contributed by atoms with Crippen LogP contribution in [0, 0.1) is 0 Å². The molecule has 1 heterocycles. The lowest BCUT2D eigenvalue weighted by atomic mass is 10.3. The van der Waals surface area contributed by atoms with Gasteiger partial charge in [0.15, 0.2) is 5.58 Å². The van der Waals surface area contributed by atoms with E-state index in [9.17, 15) is 0 Å². The summed E-state index contributed by atoms with van der Waals surface area (Å²) < 4.78 is 5.43. The predicted octanol–water partition coefficient (Wildman–Crippen LogP) is 2.85. The molecule has 0 radical (unpaired) electrons. The van der Waals surface area contributed by atoms with E-state index in [0.717, 1.165) is 0 Å². The minimum atomic E-state index is 0.527. The molecule has 14 heavy (non-hydrogen) atoms. The summed E-state index contributed by atoms with van der Waals surface area (Å²) in [5.74, 6) is 0.581. The maximum Gasteiger partial charge on any atom is 0.209 e. The van der Waals surface area contributed by atoms with E-state index in [2.05, 4.69) is 10.3 Å². The van der Waals surface area contributed by atoms with Gasteiger partial charge in [0, 0.05) is 0 Å². The fourth-order valence-electron chi connectivity index (χ4n) is 1.22. The number of oxazole rings is 1. The molecule has 2 rings (SSSR count). The summed E-state index contributed by atoms with van der Waals surface area (Å²) in [4.78, 5) is 4.22. The average molecular weight is 231 g/mol. The zero-order valence-corrected chi connectivity index (χ0v) is 8.99. The van der Waals surface area contributed by atoms with Gasteiger partial charge < -0.3 is 9.73 Å². The van der Waals surface area contributed by atoms with E-state index >= 15 is 0 Å². The molecule has 0 spiro atoms. The SMILES string of the molecule is CNCc1nc2c(Cl)ccc(Cl)c2o1. The van der Waals surface area contributed by atoms with Gasteiger partial charge in [-0.2, -0.15) is 0 Å². The first-order valence-electron chi connectivity index (χ1n) is 4.10. The van der Waals surface area contributed by atoms with Crippen molar-refractivity contribution in [2.45, 2.75) is 6.54 Å². The lowest BCUT2D eigenvalue weighted by Gasteiger charge is -1.91. The summed E-state index contributed by atoms with van der Waals surface area (Å²) in [5.41, 5.74) is 1.16. The second-order valence-electron chi connectivity index (χ2n) is 2.84. The molecule has 1 N–H and O–H groups in total. The fourth-order valence-corrected chi connectivity index (χ4v) is 1.60. The van der Waals surface area contributed by atoms with Crippen LogP contribution in [0.15, 0.2) is 16.5 Å². The monoisotopic (exact) mass is 230 g/mol. The zero-order valence-electron chi connectivity index (χ0n) is 7.47. The summed E-state index contributed by atoms with van der Waals surface area (Å²) in [6, 6.07) is 3.40. The maximum absolute atomic E-state index is 5.94. The molecule has 0 aliphatic rings. The Balaban J connectivity index is 2.63. The van der Waals surface area contributed by atoms with E-state index in [1.807, 2.05) is 7.05 Å². The van der Waals surface area contributed by atoms with Gasteiger partial charge in [0.1, 0.15) is 5.52 Å². The molecule has 0 atom stereocenters. The van der Waals surface area contributed by atoms with Crippen LogP contribution in [0.4, 0.5) is 0 Å². The van der Waals surface area contributed by atoms with Gasteiger partial charge in [-0.3, -0.25) is 0 Å². The number of hydrogen-bond donors (Lipinski definition) is 1. The van der Waals surface area contributed by atoms with Gasteiger partial charge in [0.05, 0.1) is 16.6 Å². The summed E-state index contributed by atoms with van der Waals surface area (Å²) >= 11 is 11.9. The first kappa shape index (κ1) is 9.77. The Bertz CT molecular complexity index is 428. The lowest BCUT2D eigenvalue weighted by molar-refractivity contribution is 0.511. The Kier molecular flexibility index (Phi) is 2.63. The molecule has 74 valence electrons. The first-order valence-corrected chi connectivity index (χ1v) is 4.86. The molecular formula is C9H8Cl2N2O. The van der Waals surface area contributed by atoms with Crippen molar-refractivity contribution in [3.05, 3.63) is 28.1 Å². The van der Waals surface area contributed by atoms with Gasteiger partial charge in [0.2, 0.25) is 5.89 Å². The third kappa shape index (κ3) is 1.59. The molecule has 5 heteroatoms. The Hall–Kier alpha value is -0.770. The van der Waals surface area contributed by atoms with Crippen molar-refractivity contribution in [2.75, 3.05) is 7.05 Å². The van der Waals surface area contributed by atoms with Gasteiger partial charge >= 0.3 is 0 Å². The molecule has 0 unspecified atom stereocenters. The Morgan fingerprint density at radius 1 is 1.36 bits per heavy atom. The molecule has 0 aliphatic heterocycles. The highest BCUT2D eigenvalue weighted by molar-refractivity contribution is 6.39. The molecule has 0 saturated carbocycles. The third-order valence-electron chi connectivity index (χ3n) is 1.82. The second-order valence-corrected chi connectivity index (χ2v) is 3.66. The Morgan fingerprint density at radius 3 is 2.71 bits per heavy atom. The van der Waals surface area contributed by atoms with Gasteiger partial charge in [-0.05, 0) is 19.2 Å². The second kappa shape index (κ2) is 3.77. The molecule has 0 aliphatic carbocycles. The summed E-state index contributed by atoms with van der Waals surface area (Å²) in [7, 11) is 1.82. The molecular weight excluding hydrogens is 223 g/mol. The highest BCUT2D eigenvalue weighted by atomic mass is 35.5. The molecule has 3 nitrogen and oxygen atoms in total. The van der Waals surface area contributed by atoms with Crippen molar-refractivity contribution in [1.82, 2.24) is 10.3 Å². The van der Waals surface area contributed by atoms with Crippen molar-refractivity contribution in [3.63, 3.8) is 0 Å². The largest absolute Gasteiger partial charge is 0.438 e. The number of hydrogen-bond acceptors (Lipinski definition) is 3. The fraction of sp³-hybridized carbons (Fsp3) is 0.222. The van der Waals surface area contributed by atoms with Crippen molar-refractivity contribution >= 4 is 34.3 Å². The smallest absolute Gasteiger partial charge is 0.209 e. The standard InChI is InChI=1S/C9H8Cl2N2O/c1-12-4-7-13-8-5(10)2-3-6(11)9(8)14-7/h2-3,12H,4H2,1H3. The number of benzene rings is 1. The Morgan fingerprint density at radius 2 is 2.07 bits per heavy atom. The Labute approximate surface area is 91.0 Å². The minimum Gasteiger partial charge on any atom is -0.438 e. The van der Waals surface area contributed by atoms with E-state index in [0.29, 0.717) is 33.6 Å². The van der Waals surface area contributed by atoms with Crippen LogP contribution in [-0.4, -0.2) is 12.0 Å². The van der Waals surface area contributed by atoms with E-state index in [4.69, 9.17) is 27.6 Å². The van der Waals surface area contributed by atoms with Gasteiger partial charge in [-0.1, -0.05) is 23.2 Å². The van der Waals surface area contributed by atoms with Crippen molar-refractivity contribution < 1.29 is 4.42 Å². The summed E-state index contributed by atoms with van der Waals surface area (Å²) in [6.07, 6.45) is 0. The number of aromatic nitrogens is 1. The van der Waals surface area contributed by atoms with Crippen LogP contribution >= 0.6 is 23.2 Å². The van der Waals surface area contributed by atoms with Crippen molar-refractivity contribution in [3.8, 4) is 0 Å². The van der Waals surface area contributed by atoms with Crippen LogP contribution in [0.5, 0.6) is 0 Å². The predicted molar refractivity (Wildman–Crippen MR) is 56.8 cm³/mol. The third-order valence-corrected chi connectivity index (χ3v) is 2.42. The molecule has 0 amide bonds. The van der Waals surface area contributed by atoms with Crippen molar-refractivity contribution in [1.29, 1.82) is 0 Å². The van der Waals surface area contributed by atoms with Gasteiger partial charge in [0.25, 0.3) is 0 Å². The molecule has 1 aromatic carbocycles. The van der Waals surface area contributed by atoms with Crippen LogP contribution in [0.1, 0.15) is 5.89 Å². The molecule has 2 aromatic rings. The lowest BCUT2D eigenvalue weighted by Crippen LogP contribution is -2.04. The molecule has 0 bridgehead atoms. The molecule has 1 aromatic heterocycles. The number of nitrogens with one attached hydrogen (secondary N) is 1. The quantitative estimate of drug-likeness (QED) is 0.863. The summed E-state index contributed by atoms with van der Waals surface area (Å²) in [6.45, 7) is 0.557. The number of nitrogens with zero attached hydrogens (tertiary/aromatic N) is 1. The van der Waals surface area contributed by atoms with E-state index in [1.54, 1.807) is 12.1 Å². The highest BCUT2D eigenvalue weighted by Crippen LogP contribution is 2.29. The molecule has 0 saturated heterocycles. The van der Waals surface area contributed by atoms with Crippen LogP contribution in [0.2, 0.25) is 10.0 Å². The maximum atomic E-state index is 5.94. The summed E-state index contributed by atoms with van der Waals surface area (Å²) in [5, 5.41) is 4.02. The zero-order chi connectivity index (χ0) is 10.1. The van der Waals surface area contributed by atoms with E-state index in [-0.39, 0.29) is 0 Å².